The van der Waals surface area contributed by atoms with Gasteiger partial charge in [-0.3, -0.25) is 4.99 Å². The van der Waals surface area contributed by atoms with Crippen LogP contribution in [0.15, 0.2) is 53.5 Å². The van der Waals surface area contributed by atoms with Crippen LogP contribution in [-0.2, 0) is 0 Å². The monoisotopic (exact) mass is 338 g/mol. The average Bonchev–Trinajstić information content (AvgIpc) is 2.84. The first kappa shape index (κ1) is 16.3. The summed E-state index contributed by atoms with van der Waals surface area (Å²) < 4.78 is 2.21. The van der Waals surface area contributed by atoms with Crippen LogP contribution in [0.25, 0.3) is 5.69 Å². The molecule has 0 saturated carbocycles. The lowest BCUT2D eigenvalue weighted by atomic mass is 10.2. The van der Waals surface area contributed by atoms with Crippen LogP contribution in [-0.4, -0.2) is 15.9 Å². The molecule has 0 spiro atoms. The van der Waals surface area contributed by atoms with Gasteiger partial charge in [-0.1, -0.05) is 29.3 Å². The molecule has 122 valence electrons. The number of phenolic OH excluding ortho intramolecular Hbond substituents is 1. The highest BCUT2D eigenvalue weighted by Crippen LogP contribution is 2.28. The van der Waals surface area contributed by atoms with Crippen LogP contribution in [0.1, 0.15) is 22.5 Å². The van der Waals surface area contributed by atoms with Crippen molar-refractivity contribution < 1.29 is 5.11 Å². The number of hydrogen-bond donors (Lipinski definition) is 1. The number of aliphatic imine (C=N–C) groups is 1. The average molecular weight is 339 g/mol. The molecule has 3 rings (SSSR count). The van der Waals surface area contributed by atoms with Gasteiger partial charge in [0.05, 0.1) is 10.7 Å². The molecule has 2 aromatic carbocycles. The van der Waals surface area contributed by atoms with E-state index in [2.05, 4.69) is 60.7 Å². The first-order valence-electron chi connectivity index (χ1n) is 7.74. The van der Waals surface area contributed by atoms with Crippen molar-refractivity contribution in [3.05, 3.63) is 76.1 Å². The van der Waals surface area contributed by atoms with Gasteiger partial charge in [-0.2, -0.15) is 0 Å². The lowest BCUT2D eigenvalue weighted by molar-refractivity contribution is 0.476. The van der Waals surface area contributed by atoms with Crippen LogP contribution in [0.3, 0.4) is 0 Å². The Hall–Kier alpha value is -2.52. The quantitative estimate of drug-likeness (QED) is 0.628. The molecule has 0 aliphatic rings. The molecule has 0 unspecified atom stereocenters. The molecule has 4 heteroatoms. The van der Waals surface area contributed by atoms with E-state index in [0.29, 0.717) is 10.7 Å². The zero-order valence-corrected chi connectivity index (χ0v) is 14.7. The van der Waals surface area contributed by atoms with Crippen LogP contribution >= 0.6 is 11.6 Å². The molecule has 1 N–H and O–H groups in total. The summed E-state index contributed by atoms with van der Waals surface area (Å²) in [5.41, 5.74) is 6.36. The van der Waals surface area contributed by atoms with Crippen molar-refractivity contribution in [2.75, 3.05) is 0 Å². The molecule has 0 saturated heterocycles. The third-order valence-corrected chi connectivity index (χ3v) is 4.36. The lowest BCUT2D eigenvalue weighted by Crippen LogP contribution is -1.99. The minimum absolute atomic E-state index is 0.0384. The van der Waals surface area contributed by atoms with E-state index in [1.807, 2.05) is 6.21 Å². The van der Waals surface area contributed by atoms with E-state index in [9.17, 15) is 5.11 Å². The van der Waals surface area contributed by atoms with Crippen molar-refractivity contribution >= 4 is 23.5 Å². The summed E-state index contributed by atoms with van der Waals surface area (Å²) in [6.07, 6.45) is 1.82. The van der Waals surface area contributed by atoms with Crippen molar-refractivity contribution in [2.45, 2.75) is 20.8 Å². The third-order valence-electron chi connectivity index (χ3n) is 4.04. The van der Waals surface area contributed by atoms with Crippen molar-refractivity contribution in [1.29, 1.82) is 0 Å². The molecule has 0 bridgehead atoms. The van der Waals surface area contributed by atoms with Gasteiger partial charge in [0.15, 0.2) is 0 Å². The predicted octanol–water partition coefficient (Wildman–Crippen LogP) is 5.51. The van der Waals surface area contributed by atoms with Gasteiger partial charge >= 0.3 is 0 Å². The van der Waals surface area contributed by atoms with E-state index < -0.39 is 0 Å². The van der Waals surface area contributed by atoms with Gasteiger partial charge in [0.1, 0.15) is 5.75 Å². The second-order valence-corrected chi connectivity index (χ2v) is 6.30. The van der Waals surface area contributed by atoms with E-state index in [1.165, 1.54) is 5.56 Å². The minimum atomic E-state index is 0.0384. The molecular weight excluding hydrogens is 320 g/mol. The minimum Gasteiger partial charge on any atom is -0.506 e. The molecule has 0 fully saturated rings. The van der Waals surface area contributed by atoms with E-state index in [-0.39, 0.29) is 5.75 Å². The molecule has 0 amide bonds. The molecule has 1 heterocycles. The Balaban J connectivity index is 1.95. The maximum Gasteiger partial charge on any atom is 0.136 e. The fourth-order valence-corrected chi connectivity index (χ4v) is 2.85. The van der Waals surface area contributed by atoms with E-state index in [0.717, 1.165) is 22.6 Å². The zero-order chi connectivity index (χ0) is 17.3. The summed E-state index contributed by atoms with van der Waals surface area (Å²) in [5.74, 6) is 0.0384. The Labute approximate surface area is 146 Å². The van der Waals surface area contributed by atoms with Gasteiger partial charge < -0.3 is 9.67 Å². The number of aromatic nitrogens is 1. The molecule has 24 heavy (non-hydrogen) atoms. The normalized spacial score (nSPS) is 11.3. The number of benzene rings is 2. The van der Waals surface area contributed by atoms with Crippen molar-refractivity contribution in [1.82, 2.24) is 4.57 Å². The molecule has 0 aliphatic carbocycles. The summed E-state index contributed by atoms with van der Waals surface area (Å²) in [6.45, 7) is 6.24. The van der Waals surface area contributed by atoms with Crippen LogP contribution in [0.4, 0.5) is 5.69 Å². The smallest absolute Gasteiger partial charge is 0.136 e. The van der Waals surface area contributed by atoms with Gasteiger partial charge in [0, 0.05) is 34.9 Å². The highest BCUT2D eigenvalue weighted by molar-refractivity contribution is 6.32. The maximum absolute atomic E-state index is 9.66. The topological polar surface area (TPSA) is 37.5 Å². The second kappa shape index (κ2) is 6.54. The predicted molar refractivity (Wildman–Crippen MR) is 100 cm³/mol. The number of aromatic hydroxyl groups is 1. The maximum atomic E-state index is 9.66. The molecule has 3 nitrogen and oxygen atoms in total. The Morgan fingerprint density at radius 2 is 1.71 bits per heavy atom. The van der Waals surface area contributed by atoms with Crippen LogP contribution in [0, 0.1) is 20.8 Å². The van der Waals surface area contributed by atoms with Crippen LogP contribution in [0.5, 0.6) is 5.75 Å². The largest absolute Gasteiger partial charge is 0.506 e. The molecule has 1 aromatic heterocycles. The van der Waals surface area contributed by atoms with Gasteiger partial charge in [-0.05, 0) is 51.1 Å². The summed E-state index contributed by atoms with van der Waals surface area (Å²) >= 11 is 5.82. The fourth-order valence-electron chi connectivity index (χ4n) is 2.73. The van der Waals surface area contributed by atoms with Crippen molar-refractivity contribution in [2.24, 2.45) is 4.99 Å². The van der Waals surface area contributed by atoms with Gasteiger partial charge in [0.2, 0.25) is 0 Å². The third kappa shape index (κ3) is 3.22. The SMILES string of the molecule is Cc1ccc(-n2c(C)cc(C=Nc3ccc(Cl)c(O)c3)c2C)cc1. The standard InChI is InChI=1S/C20H19ClN2O/c1-13-4-7-18(8-5-13)23-14(2)10-16(15(23)3)12-22-17-6-9-19(21)20(24)11-17/h4-12,24H,1-3H3. The number of halogens is 1. The summed E-state index contributed by atoms with van der Waals surface area (Å²) in [5, 5.41) is 9.99. The Morgan fingerprint density at radius 1 is 1.00 bits per heavy atom. The molecule has 0 atom stereocenters. The van der Waals surface area contributed by atoms with Gasteiger partial charge in [-0.25, -0.2) is 0 Å². The number of nitrogens with zero attached hydrogens (tertiary/aromatic N) is 2. The van der Waals surface area contributed by atoms with E-state index in [1.54, 1.807) is 18.2 Å². The molecule has 0 aliphatic heterocycles. The van der Waals surface area contributed by atoms with E-state index in [4.69, 9.17) is 11.6 Å². The Morgan fingerprint density at radius 3 is 2.38 bits per heavy atom. The van der Waals surface area contributed by atoms with Crippen molar-refractivity contribution in [3.8, 4) is 11.4 Å². The van der Waals surface area contributed by atoms with E-state index >= 15 is 0 Å². The first-order valence-corrected chi connectivity index (χ1v) is 8.12. The lowest BCUT2D eigenvalue weighted by Gasteiger charge is -2.09. The first-order chi connectivity index (χ1) is 11.5. The van der Waals surface area contributed by atoms with Gasteiger partial charge in [0.25, 0.3) is 0 Å². The summed E-state index contributed by atoms with van der Waals surface area (Å²) in [4.78, 5) is 4.44. The summed E-state index contributed by atoms with van der Waals surface area (Å²) in [7, 11) is 0. The zero-order valence-electron chi connectivity index (χ0n) is 13.9. The Bertz CT molecular complexity index is 908. The highest BCUT2D eigenvalue weighted by Gasteiger charge is 2.09. The van der Waals surface area contributed by atoms with Crippen LogP contribution in [0.2, 0.25) is 5.02 Å². The number of hydrogen-bond acceptors (Lipinski definition) is 2. The highest BCUT2D eigenvalue weighted by atomic mass is 35.5. The second-order valence-electron chi connectivity index (χ2n) is 5.89. The fraction of sp³-hybridized carbons (Fsp3) is 0.150. The molecular formula is C20H19ClN2O. The Kier molecular flexibility index (Phi) is 4.45. The number of rotatable bonds is 3. The number of aryl methyl sites for hydroxylation is 2. The van der Waals surface area contributed by atoms with Crippen LogP contribution < -0.4 is 0 Å². The summed E-state index contributed by atoms with van der Waals surface area (Å²) in [6, 6.07) is 15.5. The number of phenols is 1. The molecule has 0 radical (unpaired) electrons. The van der Waals surface area contributed by atoms with Gasteiger partial charge in [-0.15, -0.1) is 0 Å². The molecule has 3 aromatic rings. The van der Waals surface area contributed by atoms with Crippen molar-refractivity contribution in [3.63, 3.8) is 0 Å².